The summed E-state index contributed by atoms with van der Waals surface area (Å²) in [6.07, 6.45) is 5.69. The molecule has 2 aromatic rings. The van der Waals surface area contributed by atoms with Gasteiger partial charge in [0.1, 0.15) is 17.4 Å². The number of carbonyl (C=O) groups is 1. The van der Waals surface area contributed by atoms with Crippen LogP contribution in [0.25, 0.3) is 6.08 Å². The third kappa shape index (κ3) is 7.01. The maximum Gasteiger partial charge on any atom is 0.266 e. The van der Waals surface area contributed by atoms with E-state index in [1.807, 2.05) is 6.07 Å². The van der Waals surface area contributed by atoms with Crippen molar-refractivity contribution in [1.29, 1.82) is 5.26 Å². The minimum absolute atomic E-state index is 0.0796. The Morgan fingerprint density at radius 3 is 2.41 bits per heavy atom. The molecule has 2 N–H and O–H groups in total. The molecule has 7 heteroatoms. The fourth-order valence-electron chi connectivity index (χ4n) is 2.56. The number of unbranched alkanes of at least 4 members (excludes halogenated alkanes) is 3. The third-order valence-electron chi connectivity index (χ3n) is 4.07. The van der Waals surface area contributed by atoms with E-state index in [4.69, 9.17) is 27.9 Å². The summed E-state index contributed by atoms with van der Waals surface area (Å²) in [5.41, 5.74) is 0.853. The summed E-state index contributed by atoms with van der Waals surface area (Å²) in [6.45, 7) is 2.66. The van der Waals surface area contributed by atoms with Crippen LogP contribution < -0.4 is 10.1 Å². The van der Waals surface area contributed by atoms with Crippen molar-refractivity contribution >= 4 is 40.9 Å². The van der Waals surface area contributed by atoms with Crippen LogP contribution in [0, 0.1) is 11.3 Å². The van der Waals surface area contributed by atoms with Crippen molar-refractivity contribution < 1.29 is 14.6 Å². The van der Waals surface area contributed by atoms with Crippen LogP contribution in [0.1, 0.15) is 38.2 Å². The molecule has 2 rings (SSSR count). The molecule has 0 aliphatic carbocycles. The van der Waals surface area contributed by atoms with Crippen molar-refractivity contribution in [2.75, 3.05) is 11.9 Å². The van der Waals surface area contributed by atoms with Crippen molar-refractivity contribution in [2.24, 2.45) is 0 Å². The lowest BCUT2D eigenvalue weighted by Crippen LogP contribution is -2.13. The summed E-state index contributed by atoms with van der Waals surface area (Å²) >= 11 is 12.6. The van der Waals surface area contributed by atoms with Gasteiger partial charge in [0.15, 0.2) is 5.75 Å². The number of anilines is 1. The molecule has 2 aromatic carbocycles. The lowest BCUT2D eigenvalue weighted by molar-refractivity contribution is -0.112. The molecule has 29 heavy (non-hydrogen) atoms. The molecular formula is C22H22Cl2N2O3. The first-order valence-electron chi connectivity index (χ1n) is 9.28. The van der Waals surface area contributed by atoms with E-state index in [0.717, 1.165) is 25.7 Å². The highest BCUT2D eigenvalue weighted by Gasteiger charge is 2.13. The second-order valence-electron chi connectivity index (χ2n) is 6.39. The number of hydrogen-bond acceptors (Lipinski definition) is 4. The number of benzene rings is 2. The zero-order valence-corrected chi connectivity index (χ0v) is 17.6. The van der Waals surface area contributed by atoms with E-state index in [1.54, 1.807) is 12.1 Å². The normalized spacial score (nSPS) is 11.0. The van der Waals surface area contributed by atoms with E-state index >= 15 is 0 Å². The van der Waals surface area contributed by atoms with Crippen LogP contribution in [0.15, 0.2) is 42.0 Å². The van der Waals surface area contributed by atoms with E-state index in [9.17, 15) is 15.2 Å². The number of ether oxygens (including phenoxy) is 1. The predicted octanol–water partition coefficient (Wildman–Crippen LogP) is 6.20. The van der Waals surface area contributed by atoms with Gasteiger partial charge < -0.3 is 15.2 Å². The van der Waals surface area contributed by atoms with Crippen LogP contribution in [0.3, 0.4) is 0 Å². The Labute approximate surface area is 180 Å². The standard InChI is InChI=1S/C22H22Cl2N2O3/c1-2-3-4-5-10-29-21-19(23)12-15(13-20(21)24)11-16(14-25)22(28)26-17-6-8-18(27)9-7-17/h6-9,11-13,27H,2-5,10H2,1H3,(H,26,28)/b16-11+. The quantitative estimate of drug-likeness (QED) is 0.213. The average Bonchev–Trinajstić information content (AvgIpc) is 2.69. The van der Waals surface area contributed by atoms with Crippen LogP contribution in [0.2, 0.25) is 10.0 Å². The van der Waals surface area contributed by atoms with Crippen molar-refractivity contribution in [1.82, 2.24) is 0 Å². The summed E-state index contributed by atoms with van der Waals surface area (Å²) in [4.78, 5) is 12.3. The molecule has 0 aromatic heterocycles. The molecule has 0 unspecified atom stereocenters. The SMILES string of the molecule is CCCCCCOc1c(Cl)cc(/C=C(\C#N)C(=O)Nc2ccc(O)cc2)cc1Cl. The first-order chi connectivity index (χ1) is 13.9. The fraction of sp³-hybridized carbons (Fsp3) is 0.273. The largest absolute Gasteiger partial charge is 0.508 e. The summed E-state index contributed by atoms with van der Waals surface area (Å²) in [5.74, 6) is -0.105. The van der Waals surface area contributed by atoms with Gasteiger partial charge in [-0.05, 0) is 54.5 Å². The number of nitrogens with one attached hydrogen (secondary N) is 1. The smallest absolute Gasteiger partial charge is 0.266 e. The summed E-state index contributed by atoms with van der Waals surface area (Å²) in [6, 6.07) is 11.0. The molecule has 152 valence electrons. The number of halogens is 2. The Balaban J connectivity index is 2.11. The number of amides is 1. The molecule has 0 bridgehead atoms. The van der Waals surface area contributed by atoms with Crippen LogP contribution in [0.5, 0.6) is 11.5 Å². The number of hydrogen-bond donors (Lipinski definition) is 2. The predicted molar refractivity (Wildman–Crippen MR) is 116 cm³/mol. The number of rotatable bonds is 9. The molecule has 0 aliphatic rings. The van der Waals surface area contributed by atoms with Crippen molar-refractivity contribution in [3.8, 4) is 17.6 Å². The maximum atomic E-state index is 12.3. The molecule has 0 fully saturated rings. The summed E-state index contributed by atoms with van der Waals surface area (Å²) in [7, 11) is 0. The van der Waals surface area contributed by atoms with Gasteiger partial charge in [-0.25, -0.2) is 0 Å². The molecular weight excluding hydrogens is 411 g/mol. The third-order valence-corrected chi connectivity index (χ3v) is 4.63. The maximum absolute atomic E-state index is 12.3. The van der Waals surface area contributed by atoms with Crippen LogP contribution >= 0.6 is 23.2 Å². The number of nitrogens with zero attached hydrogens (tertiary/aromatic N) is 1. The van der Waals surface area contributed by atoms with E-state index in [1.165, 1.54) is 30.3 Å². The zero-order valence-electron chi connectivity index (χ0n) is 16.0. The Hall–Kier alpha value is -2.68. The number of aromatic hydroxyl groups is 1. The summed E-state index contributed by atoms with van der Waals surface area (Å²) in [5, 5.41) is 21.9. The molecule has 0 aliphatic heterocycles. The highest BCUT2D eigenvalue weighted by molar-refractivity contribution is 6.37. The van der Waals surface area contributed by atoms with E-state index in [0.29, 0.717) is 33.7 Å². The highest BCUT2D eigenvalue weighted by atomic mass is 35.5. The first kappa shape index (κ1) is 22.6. The van der Waals surface area contributed by atoms with Gasteiger partial charge in [-0.15, -0.1) is 0 Å². The molecule has 0 atom stereocenters. The Morgan fingerprint density at radius 2 is 1.83 bits per heavy atom. The van der Waals surface area contributed by atoms with Crippen molar-refractivity contribution in [2.45, 2.75) is 32.6 Å². The van der Waals surface area contributed by atoms with Crippen molar-refractivity contribution in [3.63, 3.8) is 0 Å². The molecule has 0 spiro atoms. The van der Waals surface area contributed by atoms with Gasteiger partial charge in [-0.2, -0.15) is 5.26 Å². The lowest BCUT2D eigenvalue weighted by Gasteiger charge is -2.11. The molecule has 0 radical (unpaired) electrons. The molecule has 0 saturated carbocycles. The number of nitriles is 1. The Morgan fingerprint density at radius 1 is 1.17 bits per heavy atom. The van der Waals surface area contributed by atoms with Crippen LogP contribution in [0.4, 0.5) is 5.69 Å². The number of phenols is 1. The highest BCUT2D eigenvalue weighted by Crippen LogP contribution is 2.35. The minimum atomic E-state index is -0.582. The van der Waals surface area contributed by atoms with Gasteiger partial charge in [-0.1, -0.05) is 49.4 Å². The van der Waals surface area contributed by atoms with E-state index in [2.05, 4.69) is 12.2 Å². The average molecular weight is 433 g/mol. The monoisotopic (exact) mass is 432 g/mol. The van der Waals surface area contributed by atoms with Gasteiger partial charge in [0, 0.05) is 5.69 Å². The Kier molecular flexibility index (Phi) is 8.85. The topological polar surface area (TPSA) is 82.3 Å². The number of carbonyl (C=O) groups excluding carboxylic acids is 1. The van der Waals surface area contributed by atoms with Crippen LogP contribution in [-0.4, -0.2) is 17.6 Å². The molecule has 1 amide bonds. The van der Waals surface area contributed by atoms with Gasteiger partial charge in [0.25, 0.3) is 5.91 Å². The molecule has 0 heterocycles. The van der Waals surface area contributed by atoms with Crippen molar-refractivity contribution in [3.05, 3.63) is 57.6 Å². The van der Waals surface area contributed by atoms with Crippen LogP contribution in [-0.2, 0) is 4.79 Å². The summed E-state index contributed by atoms with van der Waals surface area (Å²) < 4.78 is 5.69. The van der Waals surface area contributed by atoms with E-state index in [-0.39, 0.29) is 11.3 Å². The second-order valence-corrected chi connectivity index (χ2v) is 7.21. The number of phenolic OH excluding ortho intramolecular Hbond substituents is 1. The minimum Gasteiger partial charge on any atom is -0.508 e. The Bertz CT molecular complexity index is 896. The second kappa shape index (κ2) is 11.4. The van der Waals surface area contributed by atoms with Gasteiger partial charge in [0.05, 0.1) is 16.7 Å². The lowest BCUT2D eigenvalue weighted by atomic mass is 10.1. The zero-order chi connectivity index (χ0) is 21.2. The van der Waals surface area contributed by atoms with Gasteiger partial charge in [-0.3, -0.25) is 4.79 Å². The van der Waals surface area contributed by atoms with Gasteiger partial charge >= 0.3 is 0 Å². The van der Waals surface area contributed by atoms with Gasteiger partial charge in [0.2, 0.25) is 0 Å². The molecule has 5 nitrogen and oxygen atoms in total. The fourth-order valence-corrected chi connectivity index (χ4v) is 3.18. The first-order valence-corrected chi connectivity index (χ1v) is 10.0. The van der Waals surface area contributed by atoms with E-state index < -0.39 is 5.91 Å². The molecule has 0 saturated heterocycles.